The molecule has 0 N–H and O–H groups in total. The second-order valence-electron chi connectivity index (χ2n) is 4.26. The van der Waals surface area contributed by atoms with Crippen molar-refractivity contribution < 1.29 is 4.74 Å². The zero-order chi connectivity index (χ0) is 12.5. The number of aryl methyl sites for hydroxylation is 1. The summed E-state index contributed by atoms with van der Waals surface area (Å²) >= 11 is 3.62. The van der Waals surface area contributed by atoms with Gasteiger partial charge in [-0.25, -0.2) is 4.98 Å². The summed E-state index contributed by atoms with van der Waals surface area (Å²) in [5.74, 6) is 0.872. The van der Waals surface area contributed by atoms with E-state index in [4.69, 9.17) is 4.74 Å². The number of benzene rings is 1. The molecular formula is C14H13BrN2O. The molecular weight excluding hydrogens is 292 g/mol. The third-order valence-corrected chi connectivity index (χ3v) is 4.07. The van der Waals surface area contributed by atoms with Gasteiger partial charge in [0.1, 0.15) is 5.75 Å². The summed E-state index contributed by atoms with van der Waals surface area (Å²) in [5.41, 5.74) is 3.82. The van der Waals surface area contributed by atoms with Crippen LogP contribution in [0, 0.1) is 0 Å². The van der Waals surface area contributed by atoms with E-state index in [1.165, 1.54) is 16.8 Å². The quantitative estimate of drug-likeness (QED) is 0.847. The van der Waals surface area contributed by atoms with Gasteiger partial charge in [-0.2, -0.15) is 0 Å². The van der Waals surface area contributed by atoms with Crippen LogP contribution >= 0.6 is 15.9 Å². The highest BCUT2D eigenvalue weighted by Crippen LogP contribution is 2.37. The Morgan fingerprint density at radius 3 is 2.94 bits per heavy atom. The first-order valence-corrected chi connectivity index (χ1v) is 6.63. The standard InChI is InChI=1S/C14H13BrN2O/c1-18-13-5-3-10-2-4-11(8-12(10)14(13)15)17-7-6-16-9-17/h3,5-9H,2,4H2,1H3. The van der Waals surface area contributed by atoms with Gasteiger partial charge < -0.3 is 9.30 Å². The number of imidazole rings is 1. The van der Waals surface area contributed by atoms with Crippen molar-refractivity contribution in [1.29, 1.82) is 0 Å². The third kappa shape index (κ3) is 1.86. The summed E-state index contributed by atoms with van der Waals surface area (Å²) in [6.07, 6.45) is 9.89. The van der Waals surface area contributed by atoms with E-state index in [0.29, 0.717) is 0 Å². The van der Waals surface area contributed by atoms with Crippen LogP contribution < -0.4 is 4.74 Å². The van der Waals surface area contributed by atoms with E-state index in [1.54, 1.807) is 13.3 Å². The maximum atomic E-state index is 5.34. The van der Waals surface area contributed by atoms with Gasteiger partial charge in [-0.3, -0.25) is 0 Å². The van der Waals surface area contributed by atoms with Crippen molar-refractivity contribution in [2.75, 3.05) is 7.11 Å². The molecule has 0 saturated heterocycles. The molecule has 4 heteroatoms. The van der Waals surface area contributed by atoms with E-state index in [1.807, 2.05) is 18.6 Å². The molecule has 3 nitrogen and oxygen atoms in total. The molecule has 0 fully saturated rings. The number of rotatable bonds is 2. The summed E-state index contributed by atoms with van der Waals surface area (Å²) in [5, 5.41) is 0. The molecule has 3 rings (SSSR count). The fourth-order valence-corrected chi connectivity index (χ4v) is 2.94. The Kier molecular flexibility index (Phi) is 2.96. The average Bonchev–Trinajstić information content (AvgIpc) is 2.93. The van der Waals surface area contributed by atoms with Gasteiger partial charge >= 0.3 is 0 Å². The molecule has 0 saturated carbocycles. The number of fused-ring (bicyclic) bond motifs is 1. The number of hydrogen-bond donors (Lipinski definition) is 0. The predicted octanol–water partition coefficient (Wildman–Crippen LogP) is 3.60. The third-order valence-electron chi connectivity index (χ3n) is 3.25. The molecule has 1 aromatic carbocycles. The minimum absolute atomic E-state index is 0.872. The molecule has 1 aromatic heterocycles. The molecule has 0 aliphatic heterocycles. The smallest absolute Gasteiger partial charge is 0.133 e. The number of aromatic nitrogens is 2. The molecule has 1 aliphatic rings. The van der Waals surface area contributed by atoms with E-state index < -0.39 is 0 Å². The van der Waals surface area contributed by atoms with E-state index in [-0.39, 0.29) is 0 Å². The second kappa shape index (κ2) is 4.61. The number of nitrogens with zero attached hydrogens (tertiary/aromatic N) is 2. The summed E-state index contributed by atoms with van der Waals surface area (Å²) in [6, 6.07) is 4.15. The summed E-state index contributed by atoms with van der Waals surface area (Å²) < 4.78 is 8.43. The van der Waals surface area contributed by atoms with Gasteiger partial charge in [-0.05, 0) is 52.0 Å². The van der Waals surface area contributed by atoms with Crippen molar-refractivity contribution in [2.24, 2.45) is 0 Å². The predicted molar refractivity (Wildman–Crippen MR) is 75.4 cm³/mol. The van der Waals surface area contributed by atoms with Crippen molar-refractivity contribution >= 4 is 27.7 Å². The van der Waals surface area contributed by atoms with Gasteiger partial charge in [0, 0.05) is 18.1 Å². The summed E-state index contributed by atoms with van der Waals surface area (Å²) in [4.78, 5) is 4.10. The fraction of sp³-hybridized carbons (Fsp3) is 0.214. The molecule has 0 bridgehead atoms. The molecule has 1 aliphatic carbocycles. The topological polar surface area (TPSA) is 27.1 Å². The van der Waals surface area contributed by atoms with Gasteiger partial charge in [-0.1, -0.05) is 6.07 Å². The highest BCUT2D eigenvalue weighted by atomic mass is 79.9. The van der Waals surface area contributed by atoms with Crippen LogP contribution in [-0.4, -0.2) is 16.7 Å². The van der Waals surface area contributed by atoms with Crippen LogP contribution in [0.15, 0.2) is 35.3 Å². The Balaban J connectivity index is 2.11. The van der Waals surface area contributed by atoms with Crippen LogP contribution in [-0.2, 0) is 6.42 Å². The molecule has 1 heterocycles. The van der Waals surface area contributed by atoms with E-state index >= 15 is 0 Å². The van der Waals surface area contributed by atoms with Crippen LogP contribution in [0.1, 0.15) is 17.5 Å². The minimum atomic E-state index is 0.872. The lowest BCUT2D eigenvalue weighted by Gasteiger charge is -2.19. The summed E-state index contributed by atoms with van der Waals surface area (Å²) in [6.45, 7) is 0. The Morgan fingerprint density at radius 1 is 1.33 bits per heavy atom. The zero-order valence-corrected chi connectivity index (χ0v) is 11.6. The molecule has 0 amide bonds. The fourth-order valence-electron chi connectivity index (χ4n) is 2.28. The second-order valence-corrected chi connectivity index (χ2v) is 5.05. The minimum Gasteiger partial charge on any atom is -0.496 e. The maximum absolute atomic E-state index is 5.34. The largest absolute Gasteiger partial charge is 0.496 e. The molecule has 18 heavy (non-hydrogen) atoms. The Labute approximate surface area is 114 Å². The first kappa shape index (κ1) is 11.5. The molecule has 92 valence electrons. The molecule has 0 spiro atoms. The van der Waals surface area contributed by atoms with Crippen molar-refractivity contribution in [3.05, 3.63) is 46.5 Å². The van der Waals surface area contributed by atoms with Crippen LogP contribution in [0.4, 0.5) is 0 Å². The zero-order valence-electron chi connectivity index (χ0n) is 10.1. The Morgan fingerprint density at radius 2 is 2.22 bits per heavy atom. The van der Waals surface area contributed by atoms with Crippen molar-refractivity contribution in [3.63, 3.8) is 0 Å². The molecule has 0 radical (unpaired) electrons. The number of halogens is 1. The number of ether oxygens (including phenoxy) is 1. The van der Waals surface area contributed by atoms with Gasteiger partial charge in [0.15, 0.2) is 0 Å². The Hall–Kier alpha value is -1.55. The first-order chi connectivity index (χ1) is 8.79. The van der Waals surface area contributed by atoms with Crippen LogP contribution in [0.25, 0.3) is 11.8 Å². The lowest BCUT2D eigenvalue weighted by Crippen LogP contribution is -2.04. The number of allylic oxidation sites excluding steroid dienone is 1. The van der Waals surface area contributed by atoms with Gasteiger partial charge in [0.25, 0.3) is 0 Å². The highest BCUT2D eigenvalue weighted by molar-refractivity contribution is 9.10. The van der Waals surface area contributed by atoms with E-state index in [0.717, 1.165) is 23.1 Å². The molecule has 0 unspecified atom stereocenters. The summed E-state index contributed by atoms with van der Waals surface area (Å²) in [7, 11) is 1.69. The van der Waals surface area contributed by atoms with E-state index in [9.17, 15) is 0 Å². The first-order valence-electron chi connectivity index (χ1n) is 5.84. The normalized spacial score (nSPS) is 14.0. The van der Waals surface area contributed by atoms with Crippen molar-refractivity contribution in [3.8, 4) is 5.75 Å². The van der Waals surface area contributed by atoms with Crippen LogP contribution in [0.3, 0.4) is 0 Å². The molecule has 0 atom stereocenters. The number of hydrogen-bond acceptors (Lipinski definition) is 2. The SMILES string of the molecule is COc1ccc2c(c1Br)C=C(n1ccnc1)CC2. The average molecular weight is 305 g/mol. The van der Waals surface area contributed by atoms with Crippen molar-refractivity contribution in [1.82, 2.24) is 9.55 Å². The number of methoxy groups -OCH3 is 1. The molecule has 2 aromatic rings. The van der Waals surface area contributed by atoms with Gasteiger partial charge in [-0.15, -0.1) is 0 Å². The van der Waals surface area contributed by atoms with E-state index in [2.05, 4.69) is 37.6 Å². The lowest BCUT2D eigenvalue weighted by atomic mass is 9.95. The monoisotopic (exact) mass is 304 g/mol. The van der Waals surface area contributed by atoms with Gasteiger partial charge in [0.2, 0.25) is 0 Å². The van der Waals surface area contributed by atoms with Crippen molar-refractivity contribution in [2.45, 2.75) is 12.8 Å². The van der Waals surface area contributed by atoms with Gasteiger partial charge in [0.05, 0.1) is 17.9 Å². The van der Waals surface area contributed by atoms with Crippen LogP contribution in [0.5, 0.6) is 5.75 Å². The Bertz CT molecular complexity index is 603. The highest BCUT2D eigenvalue weighted by Gasteiger charge is 2.16. The van der Waals surface area contributed by atoms with Crippen LogP contribution in [0.2, 0.25) is 0 Å². The lowest BCUT2D eigenvalue weighted by molar-refractivity contribution is 0.412. The maximum Gasteiger partial charge on any atom is 0.133 e.